The maximum absolute atomic E-state index is 14.8. The van der Waals surface area contributed by atoms with E-state index in [1.807, 2.05) is 48.6 Å². The Morgan fingerprint density at radius 3 is 0.933 bits per heavy atom. The lowest BCUT2D eigenvalue weighted by molar-refractivity contribution is 0.103. The summed E-state index contributed by atoms with van der Waals surface area (Å²) in [7, 11) is 0. The molecule has 14 heteroatoms. The van der Waals surface area contributed by atoms with Crippen molar-refractivity contribution in [2.24, 2.45) is 0 Å². The molecule has 0 saturated heterocycles. The third-order valence-corrected chi connectivity index (χ3v) is 25.7. The number of nitriles is 4. The zero-order valence-electron chi connectivity index (χ0n) is 59.2. The predicted octanol–water partition coefficient (Wildman–Crippen LogP) is 23.8. The van der Waals surface area contributed by atoms with Crippen LogP contribution in [0.2, 0.25) is 0 Å². The zero-order valence-corrected chi connectivity index (χ0v) is 62.4. The van der Waals surface area contributed by atoms with Crippen LogP contribution in [0.4, 0.5) is 0 Å². The Hall–Kier alpha value is -10.2. The first-order chi connectivity index (χ1) is 51.1. The number of carbonyl (C=O) groups excluding carboxylic acids is 2. The van der Waals surface area contributed by atoms with Gasteiger partial charge in [0.15, 0.2) is 11.6 Å². The van der Waals surface area contributed by atoms with Gasteiger partial charge in [-0.25, -0.2) is 0 Å². The van der Waals surface area contributed by atoms with Gasteiger partial charge in [0, 0.05) is 54.3 Å². The Morgan fingerprint density at radius 2 is 0.654 bits per heavy atom. The summed E-state index contributed by atoms with van der Waals surface area (Å²) in [6.07, 6.45) is 21.0. The second-order valence-corrected chi connectivity index (χ2v) is 31.3. The quantitative estimate of drug-likeness (QED) is 0.0240. The third-order valence-electron chi connectivity index (χ3n) is 20.6. The van der Waals surface area contributed by atoms with Crippen LogP contribution >= 0.6 is 45.3 Å². The summed E-state index contributed by atoms with van der Waals surface area (Å²) in [6.45, 7) is 11.3. The first kappa shape index (κ1) is 70.9. The van der Waals surface area contributed by atoms with Gasteiger partial charge in [-0.3, -0.25) is 9.59 Å². The van der Waals surface area contributed by atoms with E-state index < -0.39 is 10.8 Å². The number of ketones is 2. The molecule has 10 nitrogen and oxygen atoms in total. The number of nitrogens with zero attached hydrogens (tertiary/aromatic N) is 4. The van der Waals surface area contributed by atoms with E-state index >= 15 is 0 Å². The molecule has 14 rings (SSSR count). The largest absolute Gasteiger partial charge is 0.494 e. The van der Waals surface area contributed by atoms with Crippen molar-refractivity contribution in [2.75, 3.05) is 26.4 Å². The molecule has 4 aliphatic carbocycles. The maximum Gasteiger partial charge on any atom is 0.194 e. The van der Waals surface area contributed by atoms with Gasteiger partial charge in [-0.05, 0) is 143 Å². The van der Waals surface area contributed by atoms with Gasteiger partial charge < -0.3 is 18.9 Å². The van der Waals surface area contributed by atoms with Gasteiger partial charge in [0.25, 0.3) is 0 Å². The number of hydrogen-bond donors (Lipinski definition) is 0. The van der Waals surface area contributed by atoms with E-state index in [9.17, 15) is 30.6 Å². The Labute approximate surface area is 625 Å². The third kappa shape index (κ3) is 12.7. The summed E-state index contributed by atoms with van der Waals surface area (Å²) in [6, 6.07) is 62.0. The minimum Gasteiger partial charge on any atom is -0.494 e. The Kier molecular flexibility index (Phi) is 21.4. The molecule has 0 N–H and O–H groups in total. The summed E-state index contributed by atoms with van der Waals surface area (Å²) in [5, 5.41) is 42.1. The topological polar surface area (TPSA) is 166 Å². The minimum atomic E-state index is -0.998. The normalized spacial score (nSPS) is 14.7. The number of Topliss-reactive ketones (excluding diaryl/α,β-unsaturated/α-hetero) is 2. The molecule has 0 amide bonds. The van der Waals surface area contributed by atoms with Gasteiger partial charge in [-0.1, -0.05) is 202 Å². The maximum atomic E-state index is 14.8. The van der Waals surface area contributed by atoms with Crippen molar-refractivity contribution in [3.63, 3.8) is 0 Å². The summed E-state index contributed by atoms with van der Waals surface area (Å²) in [5.74, 6) is 2.63. The molecule has 520 valence electrons. The SMILES string of the molecule is CCCCCCOc1ccc(C2(c3ccc(OCCCCCC)cc3)c3cc(/C=C4\C(=O)c5ccccc5C4=C(C#N)C#N)sc3-c3sc4c5c(sc4c32)-c2sc(/C=C3\C(=O)c4ccccc4C3=C(C#N)C#N)cc2C5(c2ccc(OCCCCCC)cc2)c2ccc(OCCCCCC)cc2)cc1. The molecule has 0 radical (unpaired) electrons. The molecule has 10 aromatic rings. The van der Waals surface area contributed by atoms with Gasteiger partial charge in [0.2, 0.25) is 0 Å². The number of carbonyl (C=O) groups is 2. The van der Waals surface area contributed by atoms with Gasteiger partial charge in [0.05, 0.1) is 66.2 Å². The van der Waals surface area contributed by atoms with Crippen molar-refractivity contribution in [2.45, 2.75) is 141 Å². The van der Waals surface area contributed by atoms with Crippen molar-refractivity contribution in [1.82, 2.24) is 0 Å². The number of allylic oxidation sites excluding steroid dienone is 6. The van der Waals surface area contributed by atoms with E-state index in [0.29, 0.717) is 71.0 Å². The first-order valence-electron chi connectivity index (χ1n) is 36.7. The number of fused-ring (bicyclic) bond motifs is 11. The zero-order chi connectivity index (χ0) is 71.9. The van der Waals surface area contributed by atoms with E-state index in [-0.39, 0.29) is 22.7 Å². The highest BCUT2D eigenvalue weighted by Crippen LogP contribution is 2.70. The molecule has 104 heavy (non-hydrogen) atoms. The van der Waals surface area contributed by atoms with E-state index in [1.165, 1.54) is 0 Å². The van der Waals surface area contributed by atoms with Crippen LogP contribution in [0.25, 0.3) is 52.2 Å². The van der Waals surface area contributed by atoms with Crippen LogP contribution in [0.3, 0.4) is 0 Å². The van der Waals surface area contributed by atoms with Crippen LogP contribution in [-0.4, -0.2) is 38.0 Å². The molecule has 4 aliphatic rings. The van der Waals surface area contributed by atoms with Crippen LogP contribution in [-0.2, 0) is 10.8 Å². The number of hydrogen-bond acceptors (Lipinski definition) is 14. The average molecular weight is 1440 g/mol. The summed E-state index contributed by atoms with van der Waals surface area (Å²) < 4.78 is 28.4. The van der Waals surface area contributed by atoms with Crippen molar-refractivity contribution in [3.8, 4) is 66.8 Å². The number of rotatable bonds is 30. The highest BCUT2D eigenvalue weighted by Gasteiger charge is 2.55. The van der Waals surface area contributed by atoms with E-state index in [2.05, 4.69) is 161 Å². The Balaban J connectivity index is 1.04. The van der Waals surface area contributed by atoms with Crippen LogP contribution in [0.15, 0.2) is 180 Å². The van der Waals surface area contributed by atoms with Gasteiger partial charge in [-0.15, -0.1) is 45.3 Å². The molecule has 0 saturated carbocycles. The Bertz CT molecular complexity index is 4760. The van der Waals surface area contributed by atoms with Crippen LogP contribution < -0.4 is 18.9 Å². The second kappa shape index (κ2) is 31.4. The van der Waals surface area contributed by atoms with Crippen LogP contribution in [0.1, 0.15) is 217 Å². The first-order valence-corrected chi connectivity index (χ1v) is 40.0. The number of unbranched alkanes of at least 4 members (excludes halogenated alkanes) is 12. The smallest absolute Gasteiger partial charge is 0.194 e. The summed E-state index contributed by atoms with van der Waals surface area (Å²) >= 11 is 6.81. The molecular weight excluding hydrogens is 1360 g/mol. The molecule has 0 unspecified atom stereocenters. The minimum absolute atomic E-state index is 0.121. The lowest BCUT2D eigenvalue weighted by Crippen LogP contribution is -2.28. The number of benzene rings is 6. The van der Waals surface area contributed by atoms with E-state index in [1.54, 1.807) is 57.5 Å². The lowest BCUT2D eigenvalue weighted by Gasteiger charge is -2.34. The summed E-state index contributed by atoms with van der Waals surface area (Å²) in [4.78, 5) is 35.5. The van der Waals surface area contributed by atoms with Crippen LogP contribution in [0, 0.1) is 45.3 Å². The highest BCUT2D eigenvalue weighted by atomic mass is 32.1. The van der Waals surface area contributed by atoms with Gasteiger partial charge in [0.1, 0.15) is 58.4 Å². The van der Waals surface area contributed by atoms with Crippen molar-refractivity contribution in [3.05, 3.63) is 257 Å². The monoisotopic (exact) mass is 1440 g/mol. The van der Waals surface area contributed by atoms with Crippen molar-refractivity contribution < 1.29 is 28.5 Å². The standard InChI is InChI=1S/C90H80N4O6S4/c1-5-9-13-21-45-97-63-37-29-59(30-38-63)89(60-31-39-64(40-32-60)98-46-22-14-10-6-2)75-51-67(49-73-77(57(53-91)54-92)69-25-17-19-27-71(69)81(73)95)101-83(75)85-79(89)87-88(103-85)80-86(104-87)84-76(52-68(102-84)50-74-78(58(55-93)56-94)70-26-18-20-28-72(70)82(74)96)90(80,61-33-41-65(42-34-61)99-47-23-15-11-7-3)62-35-43-66(44-36-62)100-48-24-16-12-8-4/h17-20,25-44,49-52H,5-16,21-24,45-48H2,1-4H3/b73-49-,74-50-. The van der Waals surface area contributed by atoms with E-state index in [0.717, 1.165) is 209 Å². The van der Waals surface area contributed by atoms with Crippen LogP contribution in [0.5, 0.6) is 23.0 Å². The van der Waals surface area contributed by atoms with Crippen molar-refractivity contribution in [1.29, 1.82) is 21.0 Å². The second-order valence-electron chi connectivity index (χ2n) is 27.1. The number of ether oxygens (including phenoxy) is 4. The molecule has 0 atom stereocenters. The molecular formula is C90H80N4O6S4. The lowest BCUT2D eigenvalue weighted by atomic mass is 9.67. The molecule has 0 bridgehead atoms. The Morgan fingerprint density at radius 1 is 0.365 bits per heavy atom. The molecule has 6 aromatic carbocycles. The molecule has 0 aliphatic heterocycles. The molecule has 4 heterocycles. The molecule has 0 spiro atoms. The predicted molar refractivity (Wildman–Crippen MR) is 422 cm³/mol. The molecule has 4 aromatic heterocycles. The highest BCUT2D eigenvalue weighted by molar-refractivity contribution is 7.34. The van der Waals surface area contributed by atoms with Gasteiger partial charge in [-0.2, -0.15) is 21.0 Å². The fourth-order valence-electron chi connectivity index (χ4n) is 15.7. The fourth-order valence-corrected chi connectivity index (χ4v) is 21.4. The fraction of sp³-hybridized carbons (Fsp3) is 0.289. The molecule has 0 fully saturated rings. The van der Waals surface area contributed by atoms with Gasteiger partial charge >= 0.3 is 0 Å². The average Bonchev–Trinajstić information content (AvgIpc) is 1.48. The number of thiophene rings is 4. The van der Waals surface area contributed by atoms with Crippen molar-refractivity contribution >= 4 is 89.6 Å². The van der Waals surface area contributed by atoms with E-state index in [4.69, 9.17) is 18.9 Å². The summed E-state index contributed by atoms with van der Waals surface area (Å²) in [5.41, 5.74) is 9.49.